The Bertz CT molecular complexity index is 604. The minimum atomic E-state index is -0.296. The summed E-state index contributed by atoms with van der Waals surface area (Å²) in [7, 11) is 0. The predicted molar refractivity (Wildman–Crippen MR) is 83.9 cm³/mol. The quantitative estimate of drug-likeness (QED) is 0.739. The van der Waals surface area contributed by atoms with Crippen LogP contribution in [0.5, 0.6) is 0 Å². The zero-order valence-corrected chi connectivity index (χ0v) is 13.8. The van der Waals surface area contributed by atoms with E-state index in [-0.39, 0.29) is 11.9 Å². The molecule has 19 heavy (non-hydrogen) atoms. The van der Waals surface area contributed by atoms with Gasteiger partial charge in [-0.3, -0.25) is 0 Å². The number of benzene rings is 2. The van der Waals surface area contributed by atoms with Gasteiger partial charge in [-0.2, -0.15) is 0 Å². The molecule has 0 saturated heterocycles. The number of rotatable bonds is 3. The monoisotopic (exact) mass is 405 g/mol. The Hall–Kier alpha value is -0.420. The molecule has 0 saturated carbocycles. The van der Waals surface area contributed by atoms with E-state index in [9.17, 15) is 4.39 Å². The van der Waals surface area contributed by atoms with Gasteiger partial charge in [-0.25, -0.2) is 4.39 Å². The summed E-state index contributed by atoms with van der Waals surface area (Å²) in [4.78, 5) is 0. The van der Waals surface area contributed by atoms with Crippen LogP contribution >= 0.6 is 43.5 Å². The normalized spacial score (nSPS) is 12.5. The smallest absolute Gasteiger partial charge is 0.126 e. The van der Waals surface area contributed by atoms with Crippen LogP contribution in [0.3, 0.4) is 0 Å². The summed E-state index contributed by atoms with van der Waals surface area (Å²) in [5.41, 5.74) is 7.63. The van der Waals surface area contributed by atoms with Crippen LogP contribution in [-0.2, 0) is 6.42 Å². The van der Waals surface area contributed by atoms with Crippen LogP contribution < -0.4 is 5.73 Å². The van der Waals surface area contributed by atoms with Gasteiger partial charge >= 0.3 is 0 Å². The van der Waals surface area contributed by atoms with Crippen molar-refractivity contribution in [1.82, 2.24) is 0 Å². The molecule has 0 fully saturated rings. The fourth-order valence-electron chi connectivity index (χ4n) is 1.85. The first-order valence-corrected chi connectivity index (χ1v) is 7.58. The molecule has 1 unspecified atom stereocenters. The van der Waals surface area contributed by atoms with Crippen LogP contribution in [0.15, 0.2) is 45.3 Å². The summed E-state index contributed by atoms with van der Waals surface area (Å²) >= 11 is 12.6. The first kappa shape index (κ1) is 15.0. The van der Waals surface area contributed by atoms with Gasteiger partial charge in [0.1, 0.15) is 5.82 Å². The molecule has 0 spiro atoms. The van der Waals surface area contributed by atoms with E-state index in [0.717, 1.165) is 14.5 Å². The van der Waals surface area contributed by atoms with Gasteiger partial charge < -0.3 is 5.73 Å². The molecule has 0 heterocycles. The molecular formula is C14H11Br2ClFN. The van der Waals surface area contributed by atoms with E-state index < -0.39 is 0 Å². The lowest BCUT2D eigenvalue weighted by Crippen LogP contribution is -2.14. The average Bonchev–Trinajstić information content (AvgIpc) is 2.33. The van der Waals surface area contributed by atoms with Crippen molar-refractivity contribution < 1.29 is 4.39 Å². The minimum absolute atomic E-state index is 0.247. The maximum Gasteiger partial charge on any atom is 0.126 e. The topological polar surface area (TPSA) is 26.0 Å². The van der Waals surface area contributed by atoms with Gasteiger partial charge in [-0.1, -0.05) is 49.5 Å². The van der Waals surface area contributed by atoms with Gasteiger partial charge in [0.2, 0.25) is 0 Å². The van der Waals surface area contributed by atoms with Crippen LogP contribution in [0.25, 0.3) is 0 Å². The number of nitrogens with two attached hydrogens (primary N) is 1. The van der Waals surface area contributed by atoms with E-state index in [0.29, 0.717) is 17.0 Å². The molecule has 100 valence electrons. The number of hydrogen-bond acceptors (Lipinski definition) is 1. The summed E-state index contributed by atoms with van der Waals surface area (Å²) in [6, 6.07) is 9.97. The first-order valence-electron chi connectivity index (χ1n) is 5.62. The van der Waals surface area contributed by atoms with Gasteiger partial charge in [0.25, 0.3) is 0 Å². The molecule has 5 heteroatoms. The molecule has 0 aliphatic carbocycles. The second-order valence-electron chi connectivity index (χ2n) is 4.21. The Morgan fingerprint density at radius 2 is 1.89 bits per heavy atom. The van der Waals surface area contributed by atoms with E-state index in [1.165, 1.54) is 6.07 Å². The highest BCUT2D eigenvalue weighted by Crippen LogP contribution is 2.28. The Labute approximate surface area is 133 Å². The predicted octanol–water partition coefficient (Wildman–Crippen LogP) is 5.25. The van der Waals surface area contributed by atoms with Crippen molar-refractivity contribution in [3.63, 3.8) is 0 Å². The Balaban J connectivity index is 2.25. The molecule has 0 aliphatic rings. The van der Waals surface area contributed by atoms with Crippen LogP contribution in [0.1, 0.15) is 17.2 Å². The first-order chi connectivity index (χ1) is 8.97. The van der Waals surface area contributed by atoms with Gasteiger partial charge in [0.05, 0.1) is 0 Å². The Kier molecular flexibility index (Phi) is 5.01. The number of halogens is 4. The molecule has 1 atom stereocenters. The fourth-order valence-corrected chi connectivity index (χ4v) is 3.23. The summed E-state index contributed by atoms with van der Waals surface area (Å²) in [6.07, 6.45) is 0.422. The summed E-state index contributed by atoms with van der Waals surface area (Å²) in [6.45, 7) is 0. The number of hydrogen-bond donors (Lipinski definition) is 1. The molecule has 2 aromatic rings. The molecule has 1 nitrogen and oxygen atoms in total. The van der Waals surface area contributed by atoms with Gasteiger partial charge in [0, 0.05) is 20.0 Å². The van der Waals surface area contributed by atoms with Crippen molar-refractivity contribution in [3.8, 4) is 0 Å². The van der Waals surface area contributed by atoms with Crippen LogP contribution in [0.2, 0.25) is 5.02 Å². The van der Waals surface area contributed by atoms with E-state index in [1.54, 1.807) is 24.3 Å². The second-order valence-corrected chi connectivity index (χ2v) is 6.42. The van der Waals surface area contributed by atoms with Crippen molar-refractivity contribution in [3.05, 3.63) is 67.3 Å². The van der Waals surface area contributed by atoms with E-state index in [4.69, 9.17) is 17.3 Å². The minimum Gasteiger partial charge on any atom is -0.324 e. The zero-order chi connectivity index (χ0) is 14.0. The maximum atomic E-state index is 13.7. The van der Waals surface area contributed by atoms with Crippen molar-refractivity contribution in [2.45, 2.75) is 12.5 Å². The van der Waals surface area contributed by atoms with Crippen molar-refractivity contribution in [2.24, 2.45) is 5.73 Å². The van der Waals surface area contributed by atoms with Crippen molar-refractivity contribution in [1.29, 1.82) is 0 Å². The largest absolute Gasteiger partial charge is 0.324 e. The van der Waals surface area contributed by atoms with Crippen LogP contribution in [0, 0.1) is 5.82 Å². The second kappa shape index (κ2) is 6.35. The van der Waals surface area contributed by atoms with E-state index in [1.807, 2.05) is 6.07 Å². The Morgan fingerprint density at radius 1 is 1.16 bits per heavy atom. The lowest BCUT2D eigenvalue weighted by Gasteiger charge is -2.15. The lowest BCUT2D eigenvalue weighted by molar-refractivity contribution is 0.592. The van der Waals surface area contributed by atoms with Gasteiger partial charge in [0.15, 0.2) is 0 Å². The van der Waals surface area contributed by atoms with E-state index >= 15 is 0 Å². The summed E-state index contributed by atoms with van der Waals surface area (Å²) in [5, 5.41) is 0.636. The standard InChI is InChI=1S/C14H11Br2ClFN/c15-9-1-4-13(18)8(5-9)6-14(19)11-3-2-10(17)7-12(11)16/h1-5,7,14H,6,19H2. The van der Waals surface area contributed by atoms with Gasteiger partial charge in [-0.15, -0.1) is 0 Å². The van der Waals surface area contributed by atoms with Crippen LogP contribution in [-0.4, -0.2) is 0 Å². The Morgan fingerprint density at radius 3 is 2.58 bits per heavy atom. The molecule has 0 amide bonds. The van der Waals surface area contributed by atoms with Crippen LogP contribution in [0.4, 0.5) is 4.39 Å². The third-order valence-corrected chi connectivity index (χ3v) is 4.22. The van der Waals surface area contributed by atoms with Crippen molar-refractivity contribution in [2.75, 3.05) is 0 Å². The molecule has 2 N–H and O–H groups in total. The van der Waals surface area contributed by atoms with E-state index in [2.05, 4.69) is 31.9 Å². The van der Waals surface area contributed by atoms with Crippen molar-refractivity contribution >= 4 is 43.5 Å². The van der Waals surface area contributed by atoms with Gasteiger partial charge in [-0.05, 0) is 47.9 Å². The highest BCUT2D eigenvalue weighted by atomic mass is 79.9. The molecule has 0 radical (unpaired) electrons. The SMILES string of the molecule is NC(Cc1cc(Br)ccc1F)c1ccc(Cl)cc1Br. The molecule has 2 rings (SSSR count). The summed E-state index contributed by atoms with van der Waals surface area (Å²) < 4.78 is 15.4. The fraction of sp³-hybridized carbons (Fsp3) is 0.143. The third-order valence-electron chi connectivity index (χ3n) is 2.81. The molecule has 0 aromatic heterocycles. The molecule has 0 aliphatic heterocycles. The summed E-state index contributed by atoms with van der Waals surface area (Å²) in [5.74, 6) is -0.247. The molecular weight excluding hydrogens is 396 g/mol. The zero-order valence-electron chi connectivity index (χ0n) is 9.84. The molecule has 2 aromatic carbocycles. The highest BCUT2D eigenvalue weighted by Gasteiger charge is 2.13. The average molecular weight is 408 g/mol. The highest BCUT2D eigenvalue weighted by molar-refractivity contribution is 9.10. The molecule has 0 bridgehead atoms. The third kappa shape index (κ3) is 3.78. The lowest BCUT2D eigenvalue weighted by atomic mass is 9.99. The maximum absolute atomic E-state index is 13.7.